The van der Waals surface area contributed by atoms with Gasteiger partial charge in [-0.15, -0.1) is 0 Å². The number of methoxy groups -OCH3 is 2. The molecule has 3 rings (SSSR count). The molecular formula is C16H21N3O3. The highest BCUT2D eigenvalue weighted by Crippen LogP contribution is 2.39. The first-order valence-corrected chi connectivity index (χ1v) is 7.44. The summed E-state index contributed by atoms with van der Waals surface area (Å²) in [4.78, 5) is 2.37. The monoisotopic (exact) mass is 303 g/mol. The molecule has 1 fully saturated rings. The van der Waals surface area contributed by atoms with Gasteiger partial charge < -0.3 is 9.47 Å². The van der Waals surface area contributed by atoms with Gasteiger partial charge >= 0.3 is 0 Å². The van der Waals surface area contributed by atoms with E-state index in [1.54, 1.807) is 14.2 Å². The van der Waals surface area contributed by atoms with Gasteiger partial charge in [-0.3, -0.25) is 4.90 Å². The van der Waals surface area contributed by atoms with Gasteiger partial charge in [0.05, 0.1) is 14.2 Å². The molecule has 1 aromatic heterocycles. The highest BCUT2D eigenvalue weighted by atomic mass is 16.6. The summed E-state index contributed by atoms with van der Waals surface area (Å²) in [7, 11) is 3.36. The normalized spacial score (nSPS) is 18.6. The molecule has 1 aliphatic rings. The van der Waals surface area contributed by atoms with E-state index in [2.05, 4.69) is 21.3 Å². The van der Waals surface area contributed by atoms with Gasteiger partial charge in [0, 0.05) is 24.6 Å². The molecule has 22 heavy (non-hydrogen) atoms. The first-order chi connectivity index (χ1) is 10.7. The fourth-order valence-corrected chi connectivity index (χ4v) is 3.07. The summed E-state index contributed by atoms with van der Waals surface area (Å²) in [6, 6.07) is 6.07. The number of para-hydroxylation sites is 1. The molecule has 2 heterocycles. The zero-order valence-electron chi connectivity index (χ0n) is 13.2. The molecule has 6 nitrogen and oxygen atoms in total. The van der Waals surface area contributed by atoms with Gasteiger partial charge in [0.15, 0.2) is 11.5 Å². The van der Waals surface area contributed by atoms with Gasteiger partial charge in [-0.25, -0.2) is 4.63 Å². The molecule has 0 radical (unpaired) electrons. The van der Waals surface area contributed by atoms with Gasteiger partial charge in [-0.2, -0.15) is 0 Å². The molecule has 0 bridgehead atoms. The van der Waals surface area contributed by atoms with E-state index in [0.29, 0.717) is 5.92 Å². The summed E-state index contributed by atoms with van der Waals surface area (Å²) in [5, 5.41) is 7.80. The quantitative estimate of drug-likeness (QED) is 0.845. The van der Waals surface area contributed by atoms with E-state index in [1.165, 1.54) is 5.56 Å². The molecule has 0 aliphatic carbocycles. The molecule has 2 aromatic rings. The zero-order valence-corrected chi connectivity index (χ0v) is 13.2. The minimum atomic E-state index is 0.435. The predicted octanol–water partition coefficient (Wildman–Crippen LogP) is 2.38. The molecule has 0 saturated carbocycles. The Morgan fingerprint density at radius 1 is 1.27 bits per heavy atom. The van der Waals surface area contributed by atoms with Crippen molar-refractivity contribution >= 4 is 0 Å². The van der Waals surface area contributed by atoms with Crippen molar-refractivity contribution in [3.8, 4) is 11.5 Å². The number of benzene rings is 1. The van der Waals surface area contributed by atoms with Crippen molar-refractivity contribution in [2.45, 2.75) is 25.8 Å². The number of aryl methyl sites for hydroxylation is 1. The summed E-state index contributed by atoms with van der Waals surface area (Å²) < 4.78 is 15.7. The van der Waals surface area contributed by atoms with Crippen LogP contribution in [0.1, 0.15) is 29.3 Å². The Morgan fingerprint density at radius 3 is 2.82 bits per heavy atom. The summed E-state index contributed by atoms with van der Waals surface area (Å²) in [6.45, 7) is 4.69. The van der Waals surface area contributed by atoms with E-state index in [4.69, 9.17) is 14.1 Å². The standard InChI is InChI=1S/C16H21N3O3/c1-11-14(18-22-17-11)10-19-8-7-12(9-19)13-5-4-6-15(20-2)16(13)21-3/h4-6,12H,7-10H2,1-3H3. The van der Waals surface area contributed by atoms with Crippen LogP contribution in [0.25, 0.3) is 0 Å². The second-order valence-corrected chi connectivity index (χ2v) is 5.60. The molecule has 1 aromatic carbocycles. The Bertz CT molecular complexity index is 641. The van der Waals surface area contributed by atoms with Crippen molar-refractivity contribution in [3.05, 3.63) is 35.2 Å². The summed E-state index contributed by atoms with van der Waals surface area (Å²) in [5.41, 5.74) is 2.99. The molecule has 6 heteroatoms. The summed E-state index contributed by atoms with van der Waals surface area (Å²) >= 11 is 0. The number of aromatic nitrogens is 2. The first-order valence-electron chi connectivity index (χ1n) is 7.44. The third-order valence-electron chi connectivity index (χ3n) is 4.27. The number of hydrogen-bond donors (Lipinski definition) is 0. The Balaban J connectivity index is 1.74. The van der Waals surface area contributed by atoms with Gasteiger partial charge in [-0.1, -0.05) is 22.4 Å². The minimum Gasteiger partial charge on any atom is -0.493 e. The second kappa shape index (κ2) is 6.36. The Hall–Kier alpha value is -2.08. The lowest BCUT2D eigenvalue weighted by atomic mass is 9.97. The number of nitrogens with zero attached hydrogens (tertiary/aromatic N) is 3. The van der Waals surface area contributed by atoms with Crippen LogP contribution in [0.15, 0.2) is 22.8 Å². The van der Waals surface area contributed by atoms with Crippen molar-refractivity contribution in [2.75, 3.05) is 27.3 Å². The maximum absolute atomic E-state index is 5.56. The van der Waals surface area contributed by atoms with Crippen LogP contribution in [0.2, 0.25) is 0 Å². The summed E-state index contributed by atoms with van der Waals surface area (Å²) in [5.74, 6) is 2.07. The van der Waals surface area contributed by atoms with E-state index in [9.17, 15) is 0 Å². The van der Waals surface area contributed by atoms with Crippen molar-refractivity contribution in [2.24, 2.45) is 0 Å². The van der Waals surface area contributed by atoms with Crippen LogP contribution >= 0.6 is 0 Å². The largest absolute Gasteiger partial charge is 0.493 e. The second-order valence-electron chi connectivity index (χ2n) is 5.60. The molecule has 1 aliphatic heterocycles. The Kier molecular flexibility index (Phi) is 4.29. The maximum atomic E-state index is 5.56. The predicted molar refractivity (Wildman–Crippen MR) is 81.2 cm³/mol. The van der Waals surface area contributed by atoms with Crippen LogP contribution in [0.5, 0.6) is 11.5 Å². The SMILES string of the molecule is COc1cccc(C2CCN(Cc3nonc3C)C2)c1OC. The van der Waals surface area contributed by atoms with Gasteiger partial charge in [0.1, 0.15) is 11.4 Å². The van der Waals surface area contributed by atoms with Crippen molar-refractivity contribution in [1.82, 2.24) is 15.2 Å². The first kappa shape index (κ1) is 14.8. The molecule has 1 atom stereocenters. The molecule has 0 amide bonds. The van der Waals surface area contributed by atoms with Crippen LogP contribution in [-0.4, -0.2) is 42.5 Å². The molecule has 0 N–H and O–H groups in total. The van der Waals surface area contributed by atoms with E-state index in [0.717, 1.165) is 48.9 Å². The molecular weight excluding hydrogens is 282 g/mol. The average molecular weight is 303 g/mol. The third-order valence-corrected chi connectivity index (χ3v) is 4.27. The molecule has 1 saturated heterocycles. The van der Waals surface area contributed by atoms with Crippen LogP contribution < -0.4 is 9.47 Å². The van der Waals surface area contributed by atoms with Crippen molar-refractivity contribution in [3.63, 3.8) is 0 Å². The van der Waals surface area contributed by atoms with E-state index < -0.39 is 0 Å². The number of hydrogen-bond acceptors (Lipinski definition) is 6. The highest BCUT2D eigenvalue weighted by Gasteiger charge is 2.28. The Morgan fingerprint density at radius 2 is 2.14 bits per heavy atom. The highest BCUT2D eigenvalue weighted by molar-refractivity contribution is 5.48. The minimum absolute atomic E-state index is 0.435. The van der Waals surface area contributed by atoms with E-state index in [-0.39, 0.29) is 0 Å². The smallest absolute Gasteiger partial charge is 0.164 e. The number of likely N-dealkylation sites (tertiary alicyclic amines) is 1. The number of rotatable bonds is 5. The van der Waals surface area contributed by atoms with E-state index in [1.807, 2.05) is 19.1 Å². The van der Waals surface area contributed by atoms with Gasteiger partial charge in [0.25, 0.3) is 0 Å². The van der Waals surface area contributed by atoms with Crippen LogP contribution in [0, 0.1) is 6.92 Å². The average Bonchev–Trinajstić information content (AvgIpc) is 3.16. The zero-order chi connectivity index (χ0) is 15.5. The van der Waals surface area contributed by atoms with Crippen molar-refractivity contribution < 1.29 is 14.1 Å². The van der Waals surface area contributed by atoms with Gasteiger partial charge in [-0.05, 0) is 26.0 Å². The summed E-state index contributed by atoms with van der Waals surface area (Å²) in [6.07, 6.45) is 1.09. The topological polar surface area (TPSA) is 60.6 Å². The lowest BCUT2D eigenvalue weighted by Crippen LogP contribution is -2.20. The lowest BCUT2D eigenvalue weighted by molar-refractivity contribution is 0.281. The molecule has 118 valence electrons. The lowest BCUT2D eigenvalue weighted by Gasteiger charge is -2.18. The van der Waals surface area contributed by atoms with Crippen LogP contribution in [0.4, 0.5) is 0 Å². The van der Waals surface area contributed by atoms with E-state index >= 15 is 0 Å². The van der Waals surface area contributed by atoms with Crippen LogP contribution in [-0.2, 0) is 6.54 Å². The fraction of sp³-hybridized carbons (Fsp3) is 0.500. The van der Waals surface area contributed by atoms with Gasteiger partial charge in [0.2, 0.25) is 0 Å². The maximum Gasteiger partial charge on any atom is 0.164 e. The molecule has 0 spiro atoms. The van der Waals surface area contributed by atoms with Crippen LogP contribution in [0.3, 0.4) is 0 Å². The van der Waals surface area contributed by atoms with Crippen molar-refractivity contribution in [1.29, 1.82) is 0 Å². The molecule has 1 unspecified atom stereocenters. The third kappa shape index (κ3) is 2.78. The number of ether oxygens (including phenoxy) is 2. The fourth-order valence-electron chi connectivity index (χ4n) is 3.07. The Labute approximate surface area is 130 Å².